The molecule has 38 valence electrons. The first kappa shape index (κ1) is 9.07. The quantitative estimate of drug-likeness (QED) is 0.321. The average molecular weight is 108 g/mol. The Balaban J connectivity index is 0. The summed E-state index contributed by atoms with van der Waals surface area (Å²) in [5.74, 6) is 0. The first-order chi connectivity index (χ1) is 2.27. The normalized spacial score (nSPS) is 6.00. The summed E-state index contributed by atoms with van der Waals surface area (Å²) in [6, 6.07) is -0.434. The monoisotopic (exact) mass is 108 g/mol. The van der Waals surface area contributed by atoms with E-state index in [0.717, 1.165) is 0 Å². The average Bonchev–Trinajstić information content (AvgIpc) is 1.38. The molecule has 2 amide bonds. The third-order valence-corrected chi connectivity index (χ3v) is 0.739. The Morgan fingerprint density at radius 1 is 1.83 bits per heavy atom. The van der Waals surface area contributed by atoms with Crippen molar-refractivity contribution in [2.75, 3.05) is 0 Å². The Bertz CT molecular complexity index is 46.8. The molecular weight excluding hydrogens is 100 g/mol. The Hall–Kier alpha value is -0.553. The van der Waals surface area contributed by atoms with Gasteiger partial charge in [0.25, 0.3) is 0 Å². The fourth-order valence-corrected chi connectivity index (χ4v) is 0. The Labute approximate surface area is 38.5 Å². The molecule has 0 aliphatic heterocycles. The minimum atomic E-state index is -0.434. The zero-order valence-corrected chi connectivity index (χ0v) is 5.49. The highest BCUT2D eigenvalue weighted by atomic mass is 28.2. The van der Waals surface area contributed by atoms with Crippen molar-refractivity contribution in [1.29, 1.82) is 0 Å². The van der Waals surface area contributed by atoms with Gasteiger partial charge >= 0.3 is 6.03 Å². The van der Waals surface area contributed by atoms with E-state index in [2.05, 4.69) is 10.7 Å². The fourth-order valence-electron chi connectivity index (χ4n) is 0. The van der Waals surface area contributed by atoms with Crippen LogP contribution in [0.15, 0.2) is 0 Å². The van der Waals surface area contributed by atoms with E-state index < -0.39 is 6.03 Å². The van der Waals surface area contributed by atoms with E-state index in [1.165, 1.54) is 0 Å². The van der Waals surface area contributed by atoms with Gasteiger partial charge in [-0.3, -0.25) is 4.79 Å². The van der Waals surface area contributed by atoms with Crippen LogP contribution < -0.4 is 10.7 Å². The number of hydrogen-bond donors (Lipinski definition) is 2. The summed E-state index contributed by atoms with van der Waals surface area (Å²) < 4.78 is 0. The molecule has 0 atom stereocenters. The van der Waals surface area contributed by atoms with Crippen LogP contribution in [0.2, 0.25) is 0 Å². The molecule has 0 saturated heterocycles. The van der Waals surface area contributed by atoms with Crippen molar-refractivity contribution in [2.45, 2.75) is 0 Å². The molecule has 6 heavy (non-hydrogen) atoms. The molecule has 0 unspecified atom stereocenters. The van der Waals surface area contributed by atoms with Crippen LogP contribution in [-0.2, 0) is 0 Å². The summed E-state index contributed by atoms with van der Waals surface area (Å²) in [6.45, 7) is 0. The summed E-state index contributed by atoms with van der Waals surface area (Å²) >= 11 is 0. The first-order valence-electron chi connectivity index (χ1n) is 1.24. The van der Waals surface area contributed by atoms with Crippen molar-refractivity contribution in [2.24, 2.45) is 5.73 Å². The van der Waals surface area contributed by atoms with Gasteiger partial charge in [-0.15, -0.1) is 0 Å². The number of nitrogens with one attached hydrogen (secondary N) is 1. The van der Waals surface area contributed by atoms with Crippen molar-refractivity contribution in [3.05, 3.63) is 0 Å². The SMILES string of the molecule is NC(=O)N[SiH3].O. The summed E-state index contributed by atoms with van der Waals surface area (Å²) in [5.41, 5.74) is 4.58. The number of carbonyl (C=O) groups is 1. The maximum Gasteiger partial charge on any atom is 0.303 e. The fraction of sp³-hybridized carbons (Fsp3) is 0. The summed E-state index contributed by atoms with van der Waals surface area (Å²) in [5, 5.41) is 0. The highest BCUT2D eigenvalue weighted by molar-refractivity contribution is 6.13. The van der Waals surface area contributed by atoms with Gasteiger partial charge in [0.05, 0.1) is 0 Å². The van der Waals surface area contributed by atoms with Crippen molar-refractivity contribution < 1.29 is 10.3 Å². The molecule has 4 nitrogen and oxygen atoms in total. The van der Waals surface area contributed by atoms with Gasteiger partial charge in [-0.2, -0.15) is 0 Å². The summed E-state index contributed by atoms with van der Waals surface area (Å²) in [6.07, 6.45) is 0. The van der Waals surface area contributed by atoms with Crippen molar-refractivity contribution in [3.8, 4) is 0 Å². The molecule has 0 aromatic carbocycles. The van der Waals surface area contributed by atoms with E-state index in [0.29, 0.717) is 10.4 Å². The number of carbonyl (C=O) groups excluding carboxylic acids is 1. The van der Waals surface area contributed by atoms with Crippen molar-refractivity contribution in [1.82, 2.24) is 4.98 Å². The van der Waals surface area contributed by atoms with Crippen LogP contribution in [0.5, 0.6) is 0 Å². The third-order valence-electron chi connectivity index (χ3n) is 0.246. The first-order valence-corrected chi connectivity index (χ1v) is 2.24. The maximum absolute atomic E-state index is 9.51. The lowest BCUT2D eigenvalue weighted by Gasteiger charge is -1.80. The van der Waals surface area contributed by atoms with E-state index in [4.69, 9.17) is 0 Å². The van der Waals surface area contributed by atoms with Gasteiger partial charge in [-0.25, -0.2) is 0 Å². The zero-order chi connectivity index (χ0) is 4.28. The highest BCUT2D eigenvalue weighted by Crippen LogP contribution is 1.37. The van der Waals surface area contributed by atoms with Gasteiger partial charge in [0.2, 0.25) is 0 Å². The van der Waals surface area contributed by atoms with Crippen molar-refractivity contribution >= 4 is 16.4 Å². The number of primary amides is 1. The second-order valence-corrected chi connectivity index (χ2v) is 1.11. The van der Waals surface area contributed by atoms with Gasteiger partial charge in [-0.05, 0) is 0 Å². The number of nitrogens with two attached hydrogens (primary N) is 1. The Kier molecular flexibility index (Phi) is 6.72. The molecule has 5 N–H and O–H groups in total. The zero-order valence-electron chi connectivity index (χ0n) is 3.49. The molecule has 0 aliphatic rings. The second kappa shape index (κ2) is 4.45. The van der Waals surface area contributed by atoms with E-state index in [1.807, 2.05) is 0 Å². The molecule has 0 radical (unpaired) electrons. The standard InChI is InChI=1S/CH6N2OSi.H2O/c2-1(4)3-5;/h5H3,(H3,2,3,4);1H2. The van der Waals surface area contributed by atoms with E-state index >= 15 is 0 Å². The predicted octanol–water partition coefficient (Wildman–Crippen LogP) is -2.89. The van der Waals surface area contributed by atoms with E-state index in [-0.39, 0.29) is 5.48 Å². The van der Waals surface area contributed by atoms with Crippen LogP contribution in [0.25, 0.3) is 0 Å². The van der Waals surface area contributed by atoms with Gasteiger partial charge in [-0.1, -0.05) is 0 Å². The highest BCUT2D eigenvalue weighted by Gasteiger charge is 1.72. The molecule has 0 fully saturated rings. The lowest BCUT2D eigenvalue weighted by molar-refractivity contribution is 0.254. The number of amides is 2. The number of hydrogen-bond acceptors (Lipinski definition) is 1. The van der Waals surface area contributed by atoms with E-state index in [1.54, 1.807) is 0 Å². The molecule has 0 bridgehead atoms. The summed E-state index contributed by atoms with van der Waals surface area (Å²) in [7, 11) is 0.649. The third kappa shape index (κ3) is 9.86. The van der Waals surface area contributed by atoms with Crippen molar-refractivity contribution in [3.63, 3.8) is 0 Å². The van der Waals surface area contributed by atoms with Crippen LogP contribution in [0.4, 0.5) is 4.79 Å². The smallest absolute Gasteiger partial charge is 0.303 e. The minimum Gasteiger partial charge on any atom is -0.412 e. The van der Waals surface area contributed by atoms with Crippen LogP contribution >= 0.6 is 0 Å². The maximum atomic E-state index is 9.51. The lowest BCUT2D eigenvalue weighted by atomic mass is 11.2. The van der Waals surface area contributed by atoms with Crippen LogP contribution in [0, 0.1) is 0 Å². The van der Waals surface area contributed by atoms with Gasteiger partial charge in [0, 0.05) is 0 Å². The van der Waals surface area contributed by atoms with Crippen LogP contribution in [0.3, 0.4) is 0 Å². The minimum absolute atomic E-state index is 0. The molecule has 0 saturated carbocycles. The molecule has 0 rings (SSSR count). The molecule has 5 heteroatoms. The number of rotatable bonds is 0. The summed E-state index contributed by atoms with van der Waals surface area (Å²) in [4.78, 5) is 11.8. The number of urea groups is 1. The lowest BCUT2D eigenvalue weighted by Crippen LogP contribution is -2.26. The predicted molar refractivity (Wildman–Crippen MR) is 26.3 cm³/mol. The van der Waals surface area contributed by atoms with Crippen LogP contribution in [0.1, 0.15) is 0 Å². The molecule has 0 aromatic rings. The molecule has 0 aliphatic carbocycles. The largest absolute Gasteiger partial charge is 0.412 e. The molecule has 0 spiro atoms. The van der Waals surface area contributed by atoms with E-state index in [9.17, 15) is 4.79 Å². The molecule has 0 aromatic heterocycles. The molecule has 0 heterocycles. The Morgan fingerprint density at radius 3 is 2.00 bits per heavy atom. The second-order valence-electron chi connectivity index (χ2n) is 0.614. The Morgan fingerprint density at radius 2 is 2.00 bits per heavy atom. The topological polar surface area (TPSA) is 86.6 Å². The van der Waals surface area contributed by atoms with Gasteiger partial charge in [0.15, 0.2) is 0 Å². The van der Waals surface area contributed by atoms with Gasteiger partial charge < -0.3 is 16.2 Å². The van der Waals surface area contributed by atoms with Gasteiger partial charge in [0.1, 0.15) is 10.4 Å². The van der Waals surface area contributed by atoms with Crippen LogP contribution in [-0.4, -0.2) is 21.9 Å². The molecular formula is CH8N2O2Si.